The van der Waals surface area contributed by atoms with Crippen LogP contribution in [-0.4, -0.2) is 71.4 Å². The third kappa shape index (κ3) is 10.3. The van der Waals surface area contributed by atoms with Gasteiger partial charge in [-0.1, -0.05) is 25.0 Å². The van der Waals surface area contributed by atoms with Crippen molar-refractivity contribution in [3.63, 3.8) is 0 Å². The van der Waals surface area contributed by atoms with Crippen LogP contribution in [-0.2, 0) is 41.6 Å². The van der Waals surface area contributed by atoms with E-state index in [1.54, 1.807) is 12.1 Å². The van der Waals surface area contributed by atoms with Gasteiger partial charge in [-0.3, -0.25) is 28.8 Å². The molecule has 2 heterocycles. The van der Waals surface area contributed by atoms with E-state index in [4.69, 9.17) is 10.2 Å². The maximum atomic E-state index is 13.7. The lowest BCUT2D eigenvalue weighted by atomic mass is 10.0. The standard InChI is InChI=1S/C30H37N7O9/c31-27(40)21-11-12-32-28(41)22(14-18-5-7-19(8-6-18)37(44)45)35-30(43)24(16-20-2-1-13-46-20)36-29(42)23(15-17-3-4-17)34-26(39)10-9-25(38)33-21/h1-2,5-10,13,17,21-24,37,44H,3-4,11-12,14-16H2,(H2,31,40)(H,32,41)(H,33,38)(H,34,39)(H,35,43)(H,36,42)/b10-9-/t21-,22-,23-,24-/m0/s1. The average molecular weight is 640 g/mol. The second-order valence-corrected chi connectivity index (χ2v) is 11.2. The van der Waals surface area contributed by atoms with E-state index in [-0.39, 0.29) is 37.4 Å². The zero-order valence-electron chi connectivity index (χ0n) is 24.8. The number of nitrogens with one attached hydrogen (secondary N) is 6. The van der Waals surface area contributed by atoms with Gasteiger partial charge < -0.3 is 41.9 Å². The van der Waals surface area contributed by atoms with E-state index >= 15 is 0 Å². The molecular weight excluding hydrogens is 602 g/mol. The van der Waals surface area contributed by atoms with Crippen LogP contribution in [0.2, 0.25) is 0 Å². The van der Waals surface area contributed by atoms with Gasteiger partial charge in [-0.25, -0.2) is 5.21 Å². The first-order valence-corrected chi connectivity index (χ1v) is 14.8. The number of benzene rings is 1. The number of primary amides is 1. The predicted octanol–water partition coefficient (Wildman–Crippen LogP) is -2.23. The number of hydrogen-bond donors (Lipinski definition) is 8. The summed E-state index contributed by atoms with van der Waals surface area (Å²) in [6.07, 6.45) is 5.04. The molecule has 1 aromatic carbocycles. The Hall–Kier alpha value is -5.06. The van der Waals surface area contributed by atoms with Gasteiger partial charge in [0.2, 0.25) is 35.4 Å². The number of furan rings is 1. The lowest BCUT2D eigenvalue weighted by Gasteiger charge is -2.25. The van der Waals surface area contributed by atoms with Gasteiger partial charge in [-0.05, 0) is 36.5 Å². The fraction of sp³-hybridized carbons (Fsp3) is 0.400. The lowest BCUT2D eigenvalue weighted by molar-refractivity contribution is -0.991. The van der Waals surface area contributed by atoms with Crippen molar-refractivity contribution >= 4 is 41.1 Å². The van der Waals surface area contributed by atoms with Crippen molar-refractivity contribution in [3.05, 3.63) is 71.3 Å². The first kappa shape index (κ1) is 33.8. The van der Waals surface area contributed by atoms with Gasteiger partial charge in [-0.2, -0.15) is 5.23 Å². The van der Waals surface area contributed by atoms with Crippen LogP contribution < -0.4 is 37.5 Å². The zero-order chi connectivity index (χ0) is 33.2. The number of nitrogens with two attached hydrogens (primary N) is 1. The van der Waals surface area contributed by atoms with E-state index in [1.165, 1.54) is 30.5 Å². The van der Waals surface area contributed by atoms with Crippen molar-refractivity contribution in [2.24, 2.45) is 11.7 Å². The van der Waals surface area contributed by atoms with Crippen LogP contribution in [0.1, 0.15) is 37.0 Å². The Morgan fingerprint density at radius 2 is 1.48 bits per heavy atom. The molecule has 2 aromatic rings. The third-order valence-electron chi connectivity index (χ3n) is 7.57. The zero-order valence-corrected chi connectivity index (χ0v) is 24.8. The van der Waals surface area contributed by atoms with Gasteiger partial charge in [0.25, 0.3) is 0 Å². The molecular formula is C30H37N7O9. The molecule has 9 N–H and O–H groups in total. The van der Waals surface area contributed by atoms with Crippen molar-refractivity contribution < 1.29 is 43.6 Å². The molecule has 0 spiro atoms. The summed E-state index contributed by atoms with van der Waals surface area (Å²) in [7, 11) is 0. The molecule has 1 saturated carbocycles. The number of rotatable bonds is 8. The van der Waals surface area contributed by atoms with Crippen LogP contribution in [0.25, 0.3) is 0 Å². The first-order valence-electron chi connectivity index (χ1n) is 14.8. The van der Waals surface area contributed by atoms with Crippen molar-refractivity contribution in [2.75, 3.05) is 6.54 Å². The van der Waals surface area contributed by atoms with E-state index in [0.29, 0.717) is 17.7 Å². The summed E-state index contributed by atoms with van der Waals surface area (Å²) in [6.45, 7) is -0.128. The molecule has 0 radical (unpaired) electrons. The molecule has 46 heavy (non-hydrogen) atoms. The summed E-state index contributed by atoms with van der Waals surface area (Å²) in [6, 6.07) is 4.32. The van der Waals surface area contributed by atoms with E-state index in [0.717, 1.165) is 25.0 Å². The van der Waals surface area contributed by atoms with Crippen molar-refractivity contribution in [1.82, 2.24) is 26.6 Å². The van der Waals surface area contributed by atoms with E-state index in [2.05, 4.69) is 26.6 Å². The quantitative estimate of drug-likeness (QED) is 0.145. The fourth-order valence-electron chi connectivity index (χ4n) is 4.87. The number of carbonyl (C=O) groups is 6. The number of carbonyl (C=O) groups excluding carboxylic acids is 6. The lowest BCUT2D eigenvalue weighted by Crippen LogP contribution is -2.99. The molecule has 2 aliphatic rings. The topological polar surface area (TPSA) is 249 Å². The van der Waals surface area contributed by atoms with Crippen molar-refractivity contribution in [2.45, 2.75) is 62.7 Å². The van der Waals surface area contributed by atoms with Gasteiger partial charge in [0.15, 0.2) is 5.69 Å². The molecule has 0 bridgehead atoms. The molecule has 5 atom stereocenters. The van der Waals surface area contributed by atoms with Gasteiger partial charge in [0.05, 0.1) is 6.26 Å². The summed E-state index contributed by atoms with van der Waals surface area (Å²) in [5.74, 6) is -3.84. The SMILES string of the molecule is NC(=O)[C@@H]1CCNC(=O)[C@H](Cc2ccc([NH+]([O-])O)cc2)NC(=O)[C@H](Cc2ccco2)NC(=O)[C@H](CC2CC2)NC(=O)/C=C\C(=O)N1. The summed E-state index contributed by atoms with van der Waals surface area (Å²) in [5.41, 5.74) is 5.99. The molecule has 4 rings (SSSR count). The second kappa shape index (κ2) is 15.8. The molecule has 1 unspecified atom stereocenters. The van der Waals surface area contributed by atoms with Crippen LogP contribution in [0.4, 0.5) is 5.69 Å². The van der Waals surface area contributed by atoms with Crippen LogP contribution in [0, 0.1) is 11.1 Å². The highest BCUT2D eigenvalue weighted by atomic mass is 16.8. The Morgan fingerprint density at radius 3 is 2.07 bits per heavy atom. The Bertz CT molecular complexity index is 1440. The van der Waals surface area contributed by atoms with Crippen molar-refractivity contribution in [1.29, 1.82) is 0 Å². The number of hydrogen-bond acceptors (Lipinski definition) is 9. The van der Waals surface area contributed by atoms with Crippen LogP contribution >= 0.6 is 0 Å². The van der Waals surface area contributed by atoms with Crippen LogP contribution in [0.3, 0.4) is 0 Å². The molecule has 0 saturated heterocycles. The Labute approximate surface area is 263 Å². The molecule has 1 aromatic heterocycles. The molecule has 246 valence electrons. The first-order chi connectivity index (χ1) is 22.0. The Balaban J connectivity index is 1.64. The van der Waals surface area contributed by atoms with Crippen LogP contribution in [0.15, 0.2) is 59.2 Å². The van der Waals surface area contributed by atoms with Gasteiger partial charge >= 0.3 is 0 Å². The molecule has 1 aliphatic heterocycles. The van der Waals surface area contributed by atoms with Crippen LogP contribution in [0.5, 0.6) is 0 Å². The van der Waals surface area contributed by atoms with Crippen molar-refractivity contribution in [3.8, 4) is 0 Å². The molecule has 16 heteroatoms. The van der Waals surface area contributed by atoms with E-state index in [9.17, 15) is 39.2 Å². The Morgan fingerprint density at radius 1 is 0.848 bits per heavy atom. The van der Waals surface area contributed by atoms with Gasteiger partial charge in [0.1, 0.15) is 29.9 Å². The largest absolute Gasteiger partial charge is 0.595 e. The Kier molecular flexibility index (Phi) is 11.6. The molecule has 1 fully saturated rings. The fourth-order valence-corrected chi connectivity index (χ4v) is 4.87. The highest BCUT2D eigenvalue weighted by Gasteiger charge is 2.34. The van der Waals surface area contributed by atoms with Gasteiger partial charge in [0, 0.05) is 43.7 Å². The minimum atomic E-state index is -1.22. The number of amides is 6. The molecule has 6 amide bonds. The smallest absolute Gasteiger partial charge is 0.244 e. The predicted molar refractivity (Wildman–Crippen MR) is 159 cm³/mol. The summed E-state index contributed by atoms with van der Waals surface area (Å²) in [5, 5.41) is 32.3. The minimum Gasteiger partial charge on any atom is -0.595 e. The highest BCUT2D eigenvalue weighted by Crippen LogP contribution is 2.33. The normalized spacial score (nSPS) is 25.0. The average Bonchev–Trinajstić information content (AvgIpc) is 3.69. The molecule has 1 aliphatic carbocycles. The minimum absolute atomic E-state index is 0.0328. The second-order valence-electron chi connectivity index (χ2n) is 11.2. The summed E-state index contributed by atoms with van der Waals surface area (Å²) < 4.78 is 5.40. The van der Waals surface area contributed by atoms with Gasteiger partial charge in [-0.15, -0.1) is 0 Å². The maximum absolute atomic E-state index is 13.7. The molecule has 16 nitrogen and oxygen atoms in total. The highest BCUT2D eigenvalue weighted by molar-refractivity contribution is 6.00. The summed E-state index contributed by atoms with van der Waals surface area (Å²) >= 11 is 0. The summed E-state index contributed by atoms with van der Waals surface area (Å²) in [4.78, 5) is 77.7. The van der Waals surface area contributed by atoms with E-state index < -0.39 is 64.8 Å². The van der Waals surface area contributed by atoms with E-state index in [1.807, 2.05) is 0 Å². The third-order valence-corrected chi connectivity index (χ3v) is 7.57. The monoisotopic (exact) mass is 639 g/mol. The maximum Gasteiger partial charge on any atom is 0.244 e. The number of quaternary nitrogens is 1.